The molecule has 1 aliphatic heterocycles. The van der Waals surface area contributed by atoms with Gasteiger partial charge in [-0.05, 0) is 0 Å². The number of nitrogens with two attached hydrogens (primary N) is 1. The van der Waals surface area contributed by atoms with E-state index in [-0.39, 0.29) is 0 Å². The van der Waals surface area contributed by atoms with E-state index < -0.39 is 11.9 Å². The summed E-state index contributed by atoms with van der Waals surface area (Å²) in [6, 6.07) is 0.343. The Bertz CT molecular complexity index is 141. The van der Waals surface area contributed by atoms with Crippen LogP contribution in [0.3, 0.4) is 0 Å². The first-order chi connectivity index (χ1) is 5.04. The first-order valence-corrected chi connectivity index (χ1v) is 2.83. The van der Waals surface area contributed by atoms with Gasteiger partial charge in [0.05, 0.1) is 19.3 Å². The molecule has 0 saturated carbocycles. The summed E-state index contributed by atoms with van der Waals surface area (Å²) in [7, 11) is 0. The molecule has 0 aliphatic carbocycles. The summed E-state index contributed by atoms with van der Waals surface area (Å²) in [6.07, 6.45) is 0. The Hall–Kier alpha value is -1.14. The number of carbonyl (C=O) groups is 2. The van der Waals surface area contributed by atoms with Gasteiger partial charge in [0.2, 0.25) is 0 Å². The van der Waals surface area contributed by atoms with E-state index in [2.05, 4.69) is 0 Å². The SMILES string of the molecule is NC1COC1.O=C(O)C(=O)O. The molecule has 4 N–H and O–H groups in total. The smallest absolute Gasteiger partial charge is 0.414 e. The third kappa shape index (κ3) is 5.31. The van der Waals surface area contributed by atoms with Crippen LogP contribution in [0.1, 0.15) is 0 Å². The van der Waals surface area contributed by atoms with E-state index in [4.69, 9.17) is 30.3 Å². The summed E-state index contributed by atoms with van der Waals surface area (Å²) in [5, 5.41) is 14.8. The molecule has 1 aliphatic rings. The minimum atomic E-state index is -1.82. The van der Waals surface area contributed by atoms with E-state index in [1.165, 1.54) is 0 Å². The van der Waals surface area contributed by atoms with Crippen LogP contribution in [0.15, 0.2) is 0 Å². The van der Waals surface area contributed by atoms with E-state index in [1.54, 1.807) is 0 Å². The van der Waals surface area contributed by atoms with Crippen molar-refractivity contribution < 1.29 is 24.5 Å². The van der Waals surface area contributed by atoms with Gasteiger partial charge in [0, 0.05) is 0 Å². The number of aliphatic carboxylic acids is 2. The summed E-state index contributed by atoms with van der Waals surface area (Å²) < 4.78 is 4.71. The third-order valence-corrected chi connectivity index (χ3v) is 0.847. The maximum Gasteiger partial charge on any atom is 0.414 e. The second kappa shape index (κ2) is 4.64. The van der Waals surface area contributed by atoms with Crippen molar-refractivity contribution in [1.29, 1.82) is 0 Å². The quantitative estimate of drug-likeness (QED) is 0.375. The van der Waals surface area contributed by atoms with Crippen LogP contribution < -0.4 is 5.73 Å². The van der Waals surface area contributed by atoms with Crippen LogP contribution in [0, 0.1) is 0 Å². The van der Waals surface area contributed by atoms with Crippen molar-refractivity contribution in [3.8, 4) is 0 Å². The maximum atomic E-state index is 9.10. The molecule has 0 atom stereocenters. The number of ether oxygens (including phenoxy) is 1. The van der Waals surface area contributed by atoms with Crippen LogP contribution in [0.2, 0.25) is 0 Å². The van der Waals surface area contributed by atoms with Crippen molar-refractivity contribution >= 4 is 11.9 Å². The van der Waals surface area contributed by atoms with Gasteiger partial charge in [0.15, 0.2) is 0 Å². The van der Waals surface area contributed by atoms with Gasteiger partial charge >= 0.3 is 11.9 Å². The number of hydrogen-bond donors (Lipinski definition) is 3. The topological polar surface area (TPSA) is 110 Å². The fourth-order valence-corrected chi connectivity index (χ4v) is 0.254. The average Bonchev–Trinajstić information content (AvgIpc) is 1.85. The molecule has 1 saturated heterocycles. The molecule has 0 bridgehead atoms. The minimum Gasteiger partial charge on any atom is -0.473 e. The first-order valence-electron chi connectivity index (χ1n) is 2.83. The summed E-state index contributed by atoms with van der Waals surface area (Å²) in [6.45, 7) is 1.53. The summed E-state index contributed by atoms with van der Waals surface area (Å²) in [5.41, 5.74) is 5.25. The zero-order chi connectivity index (χ0) is 8.85. The molecule has 64 valence electrons. The molecule has 0 aromatic carbocycles. The highest BCUT2D eigenvalue weighted by atomic mass is 16.5. The molecule has 0 aromatic heterocycles. The van der Waals surface area contributed by atoms with Crippen molar-refractivity contribution in [1.82, 2.24) is 0 Å². The Labute approximate surface area is 62.6 Å². The fraction of sp³-hybridized carbons (Fsp3) is 0.600. The average molecular weight is 163 g/mol. The molecule has 0 spiro atoms. The molecule has 0 aromatic rings. The molecule has 0 amide bonds. The highest BCUT2D eigenvalue weighted by molar-refractivity contribution is 6.27. The second-order valence-electron chi connectivity index (χ2n) is 1.91. The molecule has 6 heteroatoms. The Kier molecular flexibility index (Phi) is 4.16. The van der Waals surface area contributed by atoms with Gasteiger partial charge < -0.3 is 20.7 Å². The fourth-order valence-electron chi connectivity index (χ4n) is 0.254. The van der Waals surface area contributed by atoms with Gasteiger partial charge in [-0.2, -0.15) is 0 Å². The molecule has 0 unspecified atom stereocenters. The highest BCUT2D eigenvalue weighted by Crippen LogP contribution is 1.92. The predicted octanol–water partition coefficient (Wildman–Crippen LogP) is -1.50. The highest BCUT2D eigenvalue weighted by Gasteiger charge is 2.10. The molecule has 1 rings (SSSR count). The van der Waals surface area contributed by atoms with E-state index >= 15 is 0 Å². The standard InChI is InChI=1S/C3H7NO.C2H2O4/c4-3-1-5-2-3;3-1(4)2(5)6/h3H,1-2,4H2;(H,3,4)(H,5,6). The van der Waals surface area contributed by atoms with Gasteiger partial charge in [-0.25, -0.2) is 9.59 Å². The van der Waals surface area contributed by atoms with Gasteiger partial charge in [-0.15, -0.1) is 0 Å². The van der Waals surface area contributed by atoms with Gasteiger partial charge in [0.25, 0.3) is 0 Å². The van der Waals surface area contributed by atoms with Crippen molar-refractivity contribution in [3.63, 3.8) is 0 Å². The third-order valence-electron chi connectivity index (χ3n) is 0.847. The lowest BCUT2D eigenvalue weighted by molar-refractivity contribution is -0.159. The summed E-state index contributed by atoms with van der Waals surface area (Å²) in [5.74, 6) is -3.65. The summed E-state index contributed by atoms with van der Waals surface area (Å²) >= 11 is 0. The Morgan fingerprint density at radius 3 is 1.55 bits per heavy atom. The molecule has 6 nitrogen and oxygen atoms in total. The van der Waals surface area contributed by atoms with Crippen LogP contribution in [-0.2, 0) is 14.3 Å². The molecule has 1 fully saturated rings. The Morgan fingerprint density at radius 2 is 1.55 bits per heavy atom. The largest absolute Gasteiger partial charge is 0.473 e. The van der Waals surface area contributed by atoms with Crippen molar-refractivity contribution in [3.05, 3.63) is 0 Å². The monoisotopic (exact) mass is 163 g/mol. The zero-order valence-electron chi connectivity index (χ0n) is 5.69. The summed E-state index contributed by atoms with van der Waals surface area (Å²) in [4.78, 5) is 18.2. The van der Waals surface area contributed by atoms with Gasteiger partial charge in [-0.1, -0.05) is 0 Å². The van der Waals surface area contributed by atoms with Gasteiger partial charge in [0.1, 0.15) is 0 Å². The second-order valence-corrected chi connectivity index (χ2v) is 1.91. The zero-order valence-corrected chi connectivity index (χ0v) is 5.69. The lowest BCUT2D eigenvalue weighted by Crippen LogP contribution is -2.41. The van der Waals surface area contributed by atoms with Crippen molar-refractivity contribution in [2.75, 3.05) is 13.2 Å². The van der Waals surface area contributed by atoms with E-state index in [0.29, 0.717) is 6.04 Å². The number of carboxylic acids is 2. The molecule has 11 heavy (non-hydrogen) atoms. The van der Waals surface area contributed by atoms with Crippen molar-refractivity contribution in [2.45, 2.75) is 6.04 Å². The minimum absolute atomic E-state index is 0.343. The first kappa shape index (κ1) is 9.86. The normalized spacial score (nSPS) is 15.7. The van der Waals surface area contributed by atoms with E-state index in [9.17, 15) is 0 Å². The molecular formula is C5H9NO5. The van der Waals surface area contributed by atoms with Crippen LogP contribution in [0.5, 0.6) is 0 Å². The van der Waals surface area contributed by atoms with Crippen molar-refractivity contribution in [2.24, 2.45) is 5.73 Å². The maximum absolute atomic E-state index is 9.10. The van der Waals surface area contributed by atoms with Crippen LogP contribution in [0.4, 0.5) is 0 Å². The van der Waals surface area contributed by atoms with E-state index in [1.807, 2.05) is 0 Å². The van der Waals surface area contributed by atoms with E-state index in [0.717, 1.165) is 13.2 Å². The Balaban J connectivity index is 0.000000183. The number of rotatable bonds is 0. The molecule has 1 heterocycles. The van der Waals surface area contributed by atoms with Gasteiger partial charge in [-0.3, -0.25) is 0 Å². The number of hydrogen-bond acceptors (Lipinski definition) is 4. The lowest BCUT2D eigenvalue weighted by Gasteiger charge is -2.20. The molecular weight excluding hydrogens is 154 g/mol. The van der Waals surface area contributed by atoms with Crippen LogP contribution in [0.25, 0.3) is 0 Å². The molecule has 0 radical (unpaired) electrons. The number of carboxylic acid groups (broad SMARTS) is 2. The Morgan fingerprint density at radius 1 is 1.27 bits per heavy atom. The van der Waals surface area contributed by atoms with Crippen LogP contribution >= 0.6 is 0 Å². The van der Waals surface area contributed by atoms with Crippen LogP contribution in [-0.4, -0.2) is 41.4 Å². The predicted molar refractivity (Wildman–Crippen MR) is 34.1 cm³/mol. The lowest BCUT2D eigenvalue weighted by atomic mass is 10.3.